The van der Waals surface area contributed by atoms with Crippen LogP contribution < -0.4 is 0 Å². The van der Waals surface area contributed by atoms with E-state index in [0.29, 0.717) is 24.7 Å². The van der Waals surface area contributed by atoms with Crippen molar-refractivity contribution in [2.45, 2.75) is 32.1 Å². The van der Waals surface area contributed by atoms with Crippen LogP contribution in [0.3, 0.4) is 0 Å². The predicted molar refractivity (Wildman–Crippen MR) is 103 cm³/mol. The molecule has 138 valence electrons. The summed E-state index contributed by atoms with van der Waals surface area (Å²) in [5.41, 5.74) is 3.35. The molecule has 0 bridgehead atoms. The number of likely N-dealkylation sites (tertiary alicyclic amines) is 1. The zero-order valence-electron chi connectivity index (χ0n) is 15.5. The van der Waals surface area contributed by atoms with E-state index in [-0.39, 0.29) is 11.8 Å². The zero-order chi connectivity index (χ0) is 18.6. The van der Waals surface area contributed by atoms with Gasteiger partial charge in [-0.05, 0) is 37.0 Å². The Kier molecular flexibility index (Phi) is 5.01. The molecule has 1 atom stereocenters. The van der Waals surface area contributed by atoms with Gasteiger partial charge in [-0.2, -0.15) is 4.98 Å². The number of benzene rings is 2. The van der Waals surface area contributed by atoms with Gasteiger partial charge in [-0.3, -0.25) is 4.79 Å². The van der Waals surface area contributed by atoms with Crippen LogP contribution in [0.15, 0.2) is 59.1 Å². The minimum Gasteiger partial charge on any atom is -0.342 e. The molecule has 1 unspecified atom stereocenters. The van der Waals surface area contributed by atoms with Crippen LogP contribution in [0.2, 0.25) is 0 Å². The van der Waals surface area contributed by atoms with Crippen LogP contribution in [0.1, 0.15) is 35.7 Å². The molecule has 1 aliphatic heterocycles. The van der Waals surface area contributed by atoms with Gasteiger partial charge in [0.1, 0.15) is 0 Å². The van der Waals surface area contributed by atoms with Crippen molar-refractivity contribution in [3.8, 4) is 11.5 Å². The number of aromatic nitrogens is 2. The first-order valence-electron chi connectivity index (χ1n) is 9.42. The van der Waals surface area contributed by atoms with Crippen molar-refractivity contribution in [1.82, 2.24) is 15.0 Å². The van der Waals surface area contributed by atoms with E-state index < -0.39 is 0 Å². The Balaban J connectivity index is 1.37. The standard InChI is InChI=1S/C22H23N3O2/c1-16-8-5-6-12-19(16)22-23-21(24-27-22)18-14-20(26)25(15-18)13-7-11-17-9-3-2-4-10-17/h2-6,8-10,12,18H,7,11,13-15H2,1H3. The van der Waals surface area contributed by atoms with Crippen LogP contribution >= 0.6 is 0 Å². The van der Waals surface area contributed by atoms with Gasteiger partial charge in [0.2, 0.25) is 5.91 Å². The Morgan fingerprint density at radius 3 is 2.70 bits per heavy atom. The summed E-state index contributed by atoms with van der Waals surface area (Å²) in [4.78, 5) is 18.9. The maximum Gasteiger partial charge on any atom is 0.258 e. The summed E-state index contributed by atoms with van der Waals surface area (Å²) in [5.74, 6) is 1.34. The average molecular weight is 361 g/mol. The highest BCUT2D eigenvalue weighted by atomic mass is 16.5. The average Bonchev–Trinajstić information content (AvgIpc) is 3.30. The van der Waals surface area contributed by atoms with Gasteiger partial charge in [-0.1, -0.05) is 53.7 Å². The number of aryl methyl sites for hydroxylation is 2. The van der Waals surface area contributed by atoms with Gasteiger partial charge in [-0.25, -0.2) is 0 Å². The largest absolute Gasteiger partial charge is 0.342 e. The molecular formula is C22H23N3O2. The molecule has 1 aromatic heterocycles. The Morgan fingerprint density at radius 2 is 1.89 bits per heavy atom. The monoisotopic (exact) mass is 361 g/mol. The minimum atomic E-state index is 0.00995. The third-order valence-electron chi connectivity index (χ3n) is 5.13. The van der Waals surface area contributed by atoms with Gasteiger partial charge in [-0.15, -0.1) is 0 Å². The van der Waals surface area contributed by atoms with Crippen LogP contribution in [0.25, 0.3) is 11.5 Å². The minimum absolute atomic E-state index is 0.00995. The molecule has 4 rings (SSSR count). The SMILES string of the molecule is Cc1ccccc1-c1nc(C2CC(=O)N(CCCc3ccccc3)C2)no1. The molecule has 0 saturated carbocycles. The number of carbonyl (C=O) groups is 1. The molecule has 1 saturated heterocycles. The van der Waals surface area contributed by atoms with Crippen LogP contribution in [0.4, 0.5) is 0 Å². The summed E-state index contributed by atoms with van der Waals surface area (Å²) in [6.07, 6.45) is 2.40. The third kappa shape index (κ3) is 3.92. The zero-order valence-corrected chi connectivity index (χ0v) is 15.5. The first-order chi connectivity index (χ1) is 13.2. The first kappa shape index (κ1) is 17.5. The number of amides is 1. The molecule has 5 nitrogen and oxygen atoms in total. The van der Waals surface area contributed by atoms with Gasteiger partial charge < -0.3 is 9.42 Å². The maximum absolute atomic E-state index is 12.4. The van der Waals surface area contributed by atoms with Crippen molar-refractivity contribution in [3.63, 3.8) is 0 Å². The van der Waals surface area contributed by atoms with Gasteiger partial charge >= 0.3 is 0 Å². The van der Waals surface area contributed by atoms with Gasteiger partial charge in [0.15, 0.2) is 5.82 Å². The van der Waals surface area contributed by atoms with Gasteiger partial charge in [0.05, 0.1) is 0 Å². The van der Waals surface area contributed by atoms with E-state index in [1.165, 1.54) is 5.56 Å². The summed E-state index contributed by atoms with van der Waals surface area (Å²) in [7, 11) is 0. The Labute approximate surface area is 159 Å². The van der Waals surface area contributed by atoms with E-state index in [9.17, 15) is 4.79 Å². The number of hydrogen-bond acceptors (Lipinski definition) is 4. The van der Waals surface area contributed by atoms with Crippen molar-refractivity contribution < 1.29 is 9.32 Å². The normalized spacial score (nSPS) is 16.9. The molecule has 5 heteroatoms. The van der Waals surface area contributed by atoms with Crippen molar-refractivity contribution in [2.24, 2.45) is 0 Å². The smallest absolute Gasteiger partial charge is 0.258 e. The second-order valence-electron chi connectivity index (χ2n) is 7.10. The highest BCUT2D eigenvalue weighted by molar-refractivity contribution is 5.79. The first-order valence-corrected chi connectivity index (χ1v) is 9.42. The van der Waals surface area contributed by atoms with E-state index in [1.807, 2.05) is 42.2 Å². The molecule has 0 N–H and O–H groups in total. The molecule has 2 aromatic carbocycles. The quantitative estimate of drug-likeness (QED) is 0.666. The van der Waals surface area contributed by atoms with Gasteiger partial charge in [0, 0.05) is 31.0 Å². The van der Waals surface area contributed by atoms with E-state index in [1.54, 1.807) is 0 Å². The molecule has 3 aromatic rings. The van der Waals surface area contributed by atoms with E-state index in [4.69, 9.17) is 4.52 Å². The highest BCUT2D eigenvalue weighted by Crippen LogP contribution is 2.29. The lowest BCUT2D eigenvalue weighted by Gasteiger charge is -2.15. The Morgan fingerprint density at radius 1 is 1.11 bits per heavy atom. The topological polar surface area (TPSA) is 59.2 Å². The number of nitrogens with zero attached hydrogens (tertiary/aromatic N) is 3. The molecule has 1 fully saturated rings. The number of rotatable bonds is 6. The summed E-state index contributed by atoms with van der Waals surface area (Å²) in [5, 5.41) is 4.15. The van der Waals surface area contributed by atoms with Crippen molar-refractivity contribution in [1.29, 1.82) is 0 Å². The van der Waals surface area contributed by atoms with Crippen LogP contribution in [0.5, 0.6) is 0 Å². The third-order valence-corrected chi connectivity index (χ3v) is 5.13. The fourth-order valence-corrected chi connectivity index (χ4v) is 3.60. The summed E-state index contributed by atoms with van der Waals surface area (Å²) in [6.45, 7) is 3.46. The Hall–Kier alpha value is -2.95. The van der Waals surface area contributed by atoms with Crippen molar-refractivity contribution in [3.05, 3.63) is 71.5 Å². The summed E-state index contributed by atoms with van der Waals surface area (Å²) < 4.78 is 5.46. The molecule has 0 spiro atoms. The second kappa shape index (κ2) is 7.74. The van der Waals surface area contributed by atoms with E-state index >= 15 is 0 Å². The van der Waals surface area contributed by atoms with Crippen molar-refractivity contribution in [2.75, 3.05) is 13.1 Å². The predicted octanol–water partition coefficient (Wildman–Crippen LogP) is 3.99. The number of hydrogen-bond donors (Lipinski definition) is 0. The lowest BCUT2D eigenvalue weighted by molar-refractivity contribution is -0.127. The van der Waals surface area contributed by atoms with Gasteiger partial charge in [0.25, 0.3) is 5.89 Å². The lowest BCUT2D eigenvalue weighted by Crippen LogP contribution is -2.26. The fraction of sp³-hybridized carbons (Fsp3) is 0.318. The summed E-state index contributed by atoms with van der Waals surface area (Å²) >= 11 is 0. The molecule has 1 aliphatic rings. The number of carbonyl (C=O) groups excluding carboxylic acids is 1. The Bertz CT molecular complexity index is 920. The molecule has 0 radical (unpaired) electrons. The highest BCUT2D eigenvalue weighted by Gasteiger charge is 2.33. The van der Waals surface area contributed by atoms with Crippen LogP contribution in [0, 0.1) is 6.92 Å². The molecule has 0 aliphatic carbocycles. The van der Waals surface area contributed by atoms with E-state index in [2.05, 4.69) is 34.4 Å². The van der Waals surface area contributed by atoms with Crippen molar-refractivity contribution >= 4 is 5.91 Å². The fourth-order valence-electron chi connectivity index (χ4n) is 3.60. The second-order valence-corrected chi connectivity index (χ2v) is 7.10. The van der Waals surface area contributed by atoms with Crippen LogP contribution in [-0.4, -0.2) is 34.0 Å². The van der Waals surface area contributed by atoms with Crippen LogP contribution in [-0.2, 0) is 11.2 Å². The summed E-state index contributed by atoms with van der Waals surface area (Å²) in [6, 6.07) is 18.3. The maximum atomic E-state index is 12.4. The molecular weight excluding hydrogens is 338 g/mol. The molecule has 1 amide bonds. The lowest BCUT2D eigenvalue weighted by atomic mass is 10.1. The van der Waals surface area contributed by atoms with E-state index in [0.717, 1.165) is 30.5 Å². The molecule has 27 heavy (non-hydrogen) atoms. The molecule has 2 heterocycles.